The minimum absolute atomic E-state index is 0.158. The third-order valence-corrected chi connectivity index (χ3v) is 3.93. The number of nitrogens with one attached hydrogen (secondary N) is 2. The zero-order valence-electron chi connectivity index (χ0n) is 12.7. The van der Waals surface area contributed by atoms with Crippen LogP contribution in [0, 0.1) is 5.41 Å². The van der Waals surface area contributed by atoms with E-state index in [1.807, 2.05) is 18.2 Å². The highest BCUT2D eigenvalue weighted by Crippen LogP contribution is 2.47. The van der Waals surface area contributed by atoms with Crippen molar-refractivity contribution >= 4 is 5.96 Å². The summed E-state index contributed by atoms with van der Waals surface area (Å²) in [6.45, 7) is 0.572. The number of hydrogen-bond acceptors (Lipinski definition) is 1. The first kappa shape index (κ1) is 16.6. The fourth-order valence-corrected chi connectivity index (χ4v) is 2.44. The number of alkyl halides is 3. The van der Waals surface area contributed by atoms with Crippen LogP contribution < -0.4 is 10.6 Å². The van der Waals surface area contributed by atoms with E-state index in [1.54, 1.807) is 7.05 Å². The van der Waals surface area contributed by atoms with Crippen molar-refractivity contribution in [2.75, 3.05) is 20.1 Å². The van der Waals surface area contributed by atoms with Gasteiger partial charge in [0.05, 0.1) is 6.42 Å². The first-order valence-electron chi connectivity index (χ1n) is 7.48. The summed E-state index contributed by atoms with van der Waals surface area (Å²) in [6, 6.07) is 10.3. The van der Waals surface area contributed by atoms with Gasteiger partial charge in [-0.05, 0) is 30.2 Å². The van der Waals surface area contributed by atoms with E-state index < -0.39 is 12.6 Å². The molecule has 1 aliphatic rings. The normalized spacial score (nSPS) is 17.2. The van der Waals surface area contributed by atoms with Crippen LogP contribution in [0.25, 0.3) is 0 Å². The molecule has 2 rings (SSSR count). The lowest BCUT2D eigenvalue weighted by Crippen LogP contribution is -2.41. The lowest BCUT2D eigenvalue weighted by atomic mass is 9.96. The van der Waals surface area contributed by atoms with Crippen LogP contribution in [0.15, 0.2) is 35.3 Å². The molecule has 0 spiro atoms. The molecule has 2 N–H and O–H groups in total. The van der Waals surface area contributed by atoms with Crippen molar-refractivity contribution in [3.8, 4) is 0 Å². The second-order valence-corrected chi connectivity index (χ2v) is 5.88. The van der Waals surface area contributed by atoms with E-state index in [2.05, 4.69) is 27.8 Å². The lowest BCUT2D eigenvalue weighted by molar-refractivity contribution is -0.132. The highest BCUT2D eigenvalue weighted by atomic mass is 19.4. The van der Waals surface area contributed by atoms with E-state index in [0.717, 1.165) is 25.8 Å². The van der Waals surface area contributed by atoms with Crippen molar-refractivity contribution in [2.45, 2.75) is 31.9 Å². The predicted molar refractivity (Wildman–Crippen MR) is 81.8 cm³/mol. The summed E-state index contributed by atoms with van der Waals surface area (Å²) in [5.74, 6) is 0.434. The molecule has 0 aliphatic heterocycles. The van der Waals surface area contributed by atoms with Gasteiger partial charge in [-0.15, -0.1) is 0 Å². The van der Waals surface area contributed by atoms with Gasteiger partial charge in [-0.25, -0.2) is 0 Å². The van der Waals surface area contributed by atoms with Crippen LogP contribution in [0.2, 0.25) is 0 Å². The smallest absolute Gasteiger partial charge is 0.356 e. The summed E-state index contributed by atoms with van der Waals surface area (Å²) in [7, 11) is 1.57. The molecule has 0 heterocycles. The van der Waals surface area contributed by atoms with E-state index >= 15 is 0 Å². The Hall–Kier alpha value is -1.72. The molecule has 0 unspecified atom stereocenters. The summed E-state index contributed by atoms with van der Waals surface area (Å²) < 4.78 is 36.4. The largest absolute Gasteiger partial charge is 0.390 e. The average molecular weight is 313 g/mol. The van der Waals surface area contributed by atoms with Gasteiger partial charge in [-0.2, -0.15) is 13.2 Å². The number of benzene rings is 1. The van der Waals surface area contributed by atoms with Crippen molar-refractivity contribution < 1.29 is 13.2 Å². The Morgan fingerprint density at radius 1 is 1.18 bits per heavy atom. The second kappa shape index (κ2) is 7.03. The molecular weight excluding hydrogens is 291 g/mol. The molecule has 22 heavy (non-hydrogen) atoms. The Kier molecular flexibility index (Phi) is 5.32. The highest BCUT2D eigenvalue weighted by Gasteiger charge is 2.42. The molecule has 6 heteroatoms. The molecule has 1 fully saturated rings. The first-order valence-corrected chi connectivity index (χ1v) is 7.48. The Bertz CT molecular complexity index is 493. The third-order valence-electron chi connectivity index (χ3n) is 3.93. The predicted octanol–water partition coefficient (Wildman–Crippen LogP) is 3.13. The van der Waals surface area contributed by atoms with Gasteiger partial charge in [0.1, 0.15) is 0 Å². The maximum Gasteiger partial charge on any atom is 0.390 e. The van der Waals surface area contributed by atoms with Crippen LogP contribution >= 0.6 is 0 Å². The molecule has 1 aromatic carbocycles. The van der Waals surface area contributed by atoms with Crippen LogP contribution in [0.1, 0.15) is 24.8 Å². The van der Waals surface area contributed by atoms with Gasteiger partial charge in [0, 0.05) is 20.1 Å². The molecule has 3 nitrogen and oxygen atoms in total. The fraction of sp³-hybridized carbons (Fsp3) is 0.562. The van der Waals surface area contributed by atoms with Gasteiger partial charge in [0.15, 0.2) is 5.96 Å². The second-order valence-electron chi connectivity index (χ2n) is 5.88. The average Bonchev–Trinajstić information content (AvgIpc) is 3.22. The summed E-state index contributed by atoms with van der Waals surface area (Å²) >= 11 is 0. The zero-order chi connectivity index (χ0) is 16.1. The van der Waals surface area contributed by atoms with Crippen molar-refractivity contribution in [3.05, 3.63) is 35.9 Å². The molecule has 0 saturated heterocycles. The highest BCUT2D eigenvalue weighted by molar-refractivity contribution is 5.79. The Morgan fingerprint density at radius 3 is 2.41 bits per heavy atom. The number of halogens is 3. The molecule has 1 saturated carbocycles. The molecule has 0 radical (unpaired) electrons. The molecule has 0 atom stereocenters. The zero-order valence-corrected chi connectivity index (χ0v) is 12.7. The molecule has 0 aromatic heterocycles. The molecule has 1 aliphatic carbocycles. The van der Waals surface area contributed by atoms with Gasteiger partial charge in [-0.3, -0.25) is 4.99 Å². The standard InChI is InChI=1S/C16H22F3N3/c1-20-14(21-10-9-16(17,18)19)22-12-15(7-8-15)11-13-5-3-2-4-6-13/h2-6H,7-12H2,1H3,(H2,20,21,22). The van der Waals surface area contributed by atoms with Crippen molar-refractivity contribution in [3.63, 3.8) is 0 Å². The lowest BCUT2D eigenvalue weighted by Gasteiger charge is -2.19. The van der Waals surface area contributed by atoms with E-state index in [-0.39, 0.29) is 12.0 Å². The monoisotopic (exact) mass is 313 g/mol. The first-order chi connectivity index (χ1) is 10.4. The summed E-state index contributed by atoms with van der Waals surface area (Å²) in [6.07, 6.45) is -1.75. The van der Waals surface area contributed by atoms with Gasteiger partial charge < -0.3 is 10.6 Å². The van der Waals surface area contributed by atoms with E-state index in [0.29, 0.717) is 5.96 Å². The van der Waals surface area contributed by atoms with E-state index in [9.17, 15) is 13.2 Å². The molecule has 0 bridgehead atoms. The van der Waals surface area contributed by atoms with Gasteiger partial charge >= 0.3 is 6.18 Å². The summed E-state index contributed by atoms with van der Waals surface area (Å²) in [5.41, 5.74) is 1.50. The van der Waals surface area contributed by atoms with Crippen LogP contribution in [0.5, 0.6) is 0 Å². The van der Waals surface area contributed by atoms with Crippen LogP contribution in [-0.4, -0.2) is 32.3 Å². The van der Waals surface area contributed by atoms with Crippen molar-refractivity contribution in [1.29, 1.82) is 0 Å². The van der Waals surface area contributed by atoms with Crippen LogP contribution in [0.4, 0.5) is 13.2 Å². The fourth-order valence-electron chi connectivity index (χ4n) is 2.44. The molecule has 122 valence electrons. The number of rotatable bonds is 6. The molecule has 0 amide bonds. The summed E-state index contributed by atoms with van der Waals surface area (Å²) in [5, 5.41) is 5.86. The van der Waals surface area contributed by atoms with E-state index in [1.165, 1.54) is 5.56 Å². The Morgan fingerprint density at radius 2 is 1.86 bits per heavy atom. The number of nitrogens with zero attached hydrogens (tertiary/aromatic N) is 1. The van der Waals surface area contributed by atoms with Crippen LogP contribution in [0.3, 0.4) is 0 Å². The van der Waals surface area contributed by atoms with Crippen molar-refractivity contribution in [2.24, 2.45) is 10.4 Å². The van der Waals surface area contributed by atoms with Crippen molar-refractivity contribution in [1.82, 2.24) is 10.6 Å². The minimum atomic E-state index is -4.14. The molecular formula is C16H22F3N3. The Labute approximate surface area is 129 Å². The summed E-state index contributed by atoms with van der Waals surface area (Å²) in [4.78, 5) is 3.97. The minimum Gasteiger partial charge on any atom is -0.356 e. The maximum atomic E-state index is 12.1. The van der Waals surface area contributed by atoms with Gasteiger partial charge in [0.25, 0.3) is 0 Å². The number of guanidine groups is 1. The quantitative estimate of drug-likeness (QED) is 0.625. The third kappa shape index (κ3) is 5.58. The SMILES string of the molecule is CN=C(NCCC(F)(F)F)NCC1(Cc2ccccc2)CC1. The molecule has 1 aromatic rings. The number of aliphatic imine (C=N–C) groups is 1. The Balaban J connectivity index is 1.76. The number of hydrogen-bond donors (Lipinski definition) is 2. The van der Waals surface area contributed by atoms with E-state index in [4.69, 9.17) is 0 Å². The van der Waals surface area contributed by atoms with Gasteiger partial charge in [0.2, 0.25) is 0 Å². The van der Waals surface area contributed by atoms with Crippen LogP contribution in [-0.2, 0) is 6.42 Å². The van der Waals surface area contributed by atoms with Gasteiger partial charge in [-0.1, -0.05) is 30.3 Å². The topological polar surface area (TPSA) is 36.4 Å². The maximum absolute atomic E-state index is 12.1.